The third-order valence-electron chi connectivity index (χ3n) is 2.99. The number of thioether (sulfide) groups is 1. The van der Waals surface area contributed by atoms with Gasteiger partial charge in [0.2, 0.25) is 5.89 Å². The van der Waals surface area contributed by atoms with Crippen molar-refractivity contribution < 1.29 is 9.34 Å². The first-order valence-electron chi connectivity index (χ1n) is 6.57. The second-order valence-electron chi connectivity index (χ2n) is 4.60. The van der Waals surface area contributed by atoms with E-state index in [4.69, 9.17) is 16.0 Å². The van der Waals surface area contributed by atoms with Crippen LogP contribution in [0.1, 0.15) is 5.56 Å². The molecule has 0 N–H and O–H groups in total. The molecule has 3 aromatic rings. The highest BCUT2D eigenvalue weighted by molar-refractivity contribution is 7.98. The van der Waals surface area contributed by atoms with Gasteiger partial charge in [-0.15, -0.1) is 10.2 Å². The Kier molecular flexibility index (Phi) is 4.59. The zero-order chi connectivity index (χ0) is 16.2. The first kappa shape index (κ1) is 15.5. The van der Waals surface area contributed by atoms with Crippen molar-refractivity contribution in [1.29, 1.82) is 0 Å². The van der Waals surface area contributed by atoms with Crippen LogP contribution in [0.25, 0.3) is 11.5 Å². The summed E-state index contributed by atoms with van der Waals surface area (Å²) < 4.78 is 5.54. The lowest BCUT2D eigenvalue weighted by Gasteiger charge is -1.98. The summed E-state index contributed by atoms with van der Waals surface area (Å²) >= 11 is 7.23. The fourth-order valence-electron chi connectivity index (χ4n) is 1.86. The summed E-state index contributed by atoms with van der Waals surface area (Å²) in [5.74, 6) is 0.917. The maximum absolute atomic E-state index is 10.8. The van der Waals surface area contributed by atoms with Crippen molar-refractivity contribution in [3.8, 4) is 11.5 Å². The second-order valence-corrected chi connectivity index (χ2v) is 5.96. The minimum absolute atomic E-state index is 0.0175. The van der Waals surface area contributed by atoms with Crippen LogP contribution in [0, 0.1) is 10.1 Å². The van der Waals surface area contributed by atoms with E-state index < -0.39 is 4.92 Å². The van der Waals surface area contributed by atoms with E-state index in [0.29, 0.717) is 21.6 Å². The Morgan fingerprint density at radius 2 is 1.96 bits per heavy atom. The molecule has 0 aliphatic carbocycles. The molecule has 3 rings (SSSR count). The molecule has 0 saturated heterocycles. The number of aromatic nitrogens is 2. The predicted octanol–water partition coefficient (Wildman–Crippen LogP) is 4.59. The van der Waals surface area contributed by atoms with Crippen LogP contribution < -0.4 is 0 Å². The van der Waals surface area contributed by atoms with Gasteiger partial charge in [-0.25, -0.2) is 0 Å². The van der Waals surface area contributed by atoms with Crippen molar-refractivity contribution in [1.82, 2.24) is 10.2 Å². The van der Waals surface area contributed by atoms with Crippen LogP contribution in [0.2, 0.25) is 5.02 Å². The van der Waals surface area contributed by atoms with E-state index in [-0.39, 0.29) is 11.6 Å². The van der Waals surface area contributed by atoms with Gasteiger partial charge in [-0.1, -0.05) is 41.6 Å². The van der Waals surface area contributed by atoms with Gasteiger partial charge in [-0.2, -0.15) is 0 Å². The summed E-state index contributed by atoms with van der Waals surface area (Å²) in [5, 5.41) is 19.8. The molecule has 0 spiro atoms. The van der Waals surface area contributed by atoms with E-state index in [1.165, 1.54) is 23.9 Å². The number of halogens is 1. The number of non-ortho nitro benzene ring substituents is 1. The number of benzene rings is 2. The van der Waals surface area contributed by atoms with Crippen LogP contribution >= 0.6 is 23.4 Å². The Bertz CT molecular complexity index is 836. The van der Waals surface area contributed by atoms with Gasteiger partial charge in [0.25, 0.3) is 10.9 Å². The number of hydrogen-bond donors (Lipinski definition) is 0. The SMILES string of the molecule is O=[N+]([O-])c1cccc(-c2nnc(SCc3ccc(Cl)cc3)o2)c1. The number of hydrogen-bond acceptors (Lipinski definition) is 6. The van der Waals surface area contributed by atoms with E-state index in [1.807, 2.05) is 24.3 Å². The Balaban J connectivity index is 1.71. The van der Waals surface area contributed by atoms with Crippen LogP contribution in [-0.4, -0.2) is 15.1 Å². The average molecular weight is 348 g/mol. The van der Waals surface area contributed by atoms with E-state index in [1.54, 1.807) is 12.1 Å². The van der Waals surface area contributed by atoms with Gasteiger partial charge < -0.3 is 4.42 Å². The van der Waals surface area contributed by atoms with Gasteiger partial charge in [-0.3, -0.25) is 10.1 Å². The van der Waals surface area contributed by atoms with Crippen LogP contribution in [0.3, 0.4) is 0 Å². The molecule has 0 fully saturated rings. The van der Waals surface area contributed by atoms with E-state index >= 15 is 0 Å². The Morgan fingerprint density at radius 1 is 1.17 bits per heavy atom. The molecule has 0 unspecified atom stereocenters. The number of nitrogens with zero attached hydrogens (tertiary/aromatic N) is 3. The Morgan fingerprint density at radius 3 is 2.70 bits per heavy atom. The Labute approximate surface area is 140 Å². The zero-order valence-corrected chi connectivity index (χ0v) is 13.3. The second kappa shape index (κ2) is 6.80. The molecule has 0 radical (unpaired) electrons. The molecule has 23 heavy (non-hydrogen) atoms. The molecule has 0 atom stereocenters. The van der Waals surface area contributed by atoms with Crippen LogP contribution in [0.15, 0.2) is 58.2 Å². The quantitative estimate of drug-likeness (QED) is 0.381. The summed E-state index contributed by atoms with van der Waals surface area (Å²) in [6.45, 7) is 0. The fourth-order valence-corrected chi connectivity index (χ4v) is 2.71. The largest absolute Gasteiger partial charge is 0.411 e. The first-order valence-corrected chi connectivity index (χ1v) is 7.94. The molecule has 116 valence electrons. The zero-order valence-electron chi connectivity index (χ0n) is 11.7. The van der Waals surface area contributed by atoms with Crippen molar-refractivity contribution in [2.75, 3.05) is 0 Å². The highest BCUT2D eigenvalue weighted by atomic mass is 35.5. The number of nitro benzene ring substituents is 1. The predicted molar refractivity (Wildman–Crippen MR) is 87.4 cm³/mol. The summed E-state index contributed by atoms with van der Waals surface area (Å²) in [5.41, 5.74) is 1.58. The van der Waals surface area contributed by atoms with Crippen molar-refractivity contribution in [3.05, 3.63) is 69.2 Å². The van der Waals surface area contributed by atoms with E-state index in [2.05, 4.69) is 10.2 Å². The molecule has 0 aliphatic rings. The smallest absolute Gasteiger partial charge is 0.277 e. The molecule has 0 aliphatic heterocycles. The van der Waals surface area contributed by atoms with Crippen LogP contribution in [0.5, 0.6) is 0 Å². The standard InChI is InChI=1S/C15H10ClN3O3S/c16-12-6-4-10(5-7-12)9-23-15-18-17-14(22-15)11-2-1-3-13(8-11)19(20)21/h1-8H,9H2. The molecule has 1 heterocycles. The minimum atomic E-state index is -0.462. The molecule has 0 bridgehead atoms. The van der Waals surface area contributed by atoms with E-state index in [0.717, 1.165) is 5.56 Å². The first-order chi connectivity index (χ1) is 11.1. The minimum Gasteiger partial charge on any atom is -0.411 e. The monoisotopic (exact) mass is 347 g/mol. The normalized spacial score (nSPS) is 10.7. The number of rotatable bonds is 5. The molecule has 8 heteroatoms. The van der Waals surface area contributed by atoms with Crippen molar-refractivity contribution in [2.24, 2.45) is 0 Å². The molecule has 6 nitrogen and oxygen atoms in total. The lowest BCUT2D eigenvalue weighted by Crippen LogP contribution is -1.88. The topological polar surface area (TPSA) is 82.1 Å². The third-order valence-corrected chi connectivity index (χ3v) is 4.13. The molecular formula is C15H10ClN3O3S. The lowest BCUT2D eigenvalue weighted by atomic mass is 10.2. The summed E-state index contributed by atoms with van der Waals surface area (Å²) in [6.07, 6.45) is 0. The van der Waals surface area contributed by atoms with Gasteiger partial charge in [0.1, 0.15) is 0 Å². The summed E-state index contributed by atoms with van der Waals surface area (Å²) in [6, 6.07) is 13.6. The molecule has 2 aromatic carbocycles. The van der Waals surface area contributed by atoms with Crippen LogP contribution in [0.4, 0.5) is 5.69 Å². The van der Waals surface area contributed by atoms with Crippen molar-refractivity contribution in [3.63, 3.8) is 0 Å². The summed E-state index contributed by atoms with van der Waals surface area (Å²) in [7, 11) is 0. The fraction of sp³-hybridized carbons (Fsp3) is 0.0667. The van der Waals surface area contributed by atoms with Gasteiger partial charge in [-0.05, 0) is 23.8 Å². The van der Waals surface area contributed by atoms with E-state index in [9.17, 15) is 10.1 Å². The van der Waals surface area contributed by atoms with Gasteiger partial charge in [0, 0.05) is 28.5 Å². The summed E-state index contributed by atoms with van der Waals surface area (Å²) in [4.78, 5) is 10.3. The third kappa shape index (κ3) is 3.88. The lowest BCUT2D eigenvalue weighted by molar-refractivity contribution is -0.384. The highest BCUT2D eigenvalue weighted by Crippen LogP contribution is 2.27. The van der Waals surface area contributed by atoms with Crippen molar-refractivity contribution >= 4 is 29.1 Å². The average Bonchev–Trinajstić information content (AvgIpc) is 3.03. The molecule has 0 amide bonds. The van der Waals surface area contributed by atoms with Crippen LogP contribution in [-0.2, 0) is 5.75 Å². The van der Waals surface area contributed by atoms with Gasteiger partial charge in [0.05, 0.1) is 4.92 Å². The molecule has 0 saturated carbocycles. The molecular weight excluding hydrogens is 338 g/mol. The number of nitro groups is 1. The van der Waals surface area contributed by atoms with Crippen molar-refractivity contribution in [2.45, 2.75) is 11.0 Å². The Hall–Kier alpha value is -2.38. The molecule has 1 aromatic heterocycles. The maximum Gasteiger partial charge on any atom is 0.277 e. The maximum atomic E-state index is 10.8. The highest BCUT2D eigenvalue weighted by Gasteiger charge is 2.13. The van der Waals surface area contributed by atoms with Gasteiger partial charge in [0.15, 0.2) is 0 Å². The van der Waals surface area contributed by atoms with Gasteiger partial charge >= 0.3 is 0 Å².